The van der Waals surface area contributed by atoms with Gasteiger partial charge >= 0.3 is 0 Å². The highest BCUT2D eigenvalue weighted by molar-refractivity contribution is 5.79. The van der Waals surface area contributed by atoms with E-state index < -0.39 is 0 Å². The fraction of sp³-hybridized carbons (Fsp3) is 0.636. The number of hydrogen-bond acceptors (Lipinski definition) is 3. The highest BCUT2D eigenvalue weighted by Crippen LogP contribution is 2.23. The van der Waals surface area contributed by atoms with Crippen molar-refractivity contribution < 1.29 is 14.7 Å². The van der Waals surface area contributed by atoms with Crippen LogP contribution in [0, 0.1) is 0 Å². The predicted octanol–water partition coefficient (Wildman–Crippen LogP) is 3.50. The van der Waals surface area contributed by atoms with E-state index in [-0.39, 0.29) is 17.9 Å². The SMILES string of the molecule is O=C1CCCCCN1CCC(=O)N1CCCCC1CCc1cccc(O)c1. The molecule has 0 aromatic heterocycles. The fourth-order valence-corrected chi connectivity index (χ4v) is 4.32. The highest BCUT2D eigenvalue weighted by Gasteiger charge is 2.27. The summed E-state index contributed by atoms with van der Waals surface area (Å²) in [6.45, 7) is 2.19. The minimum Gasteiger partial charge on any atom is -0.508 e. The molecular weight excluding hydrogens is 340 g/mol. The Morgan fingerprint density at radius 3 is 2.81 bits per heavy atom. The number of nitrogens with zero attached hydrogens (tertiary/aromatic N) is 2. The Kier molecular flexibility index (Phi) is 7.13. The van der Waals surface area contributed by atoms with E-state index in [1.54, 1.807) is 12.1 Å². The molecule has 0 spiro atoms. The number of phenolic OH excluding ortho intramolecular Hbond substituents is 1. The molecule has 1 atom stereocenters. The first kappa shape index (κ1) is 19.7. The fourth-order valence-electron chi connectivity index (χ4n) is 4.32. The van der Waals surface area contributed by atoms with Gasteiger partial charge in [0.15, 0.2) is 0 Å². The number of carbonyl (C=O) groups excluding carboxylic acids is 2. The summed E-state index contributed by atoms with van der Waals surface area (Å²) >= 11 is 0. The van der Waals surface area contributed by atoms with Gasteiger partial charge in [-0.2, -0.15) is 0 Å². The van der Waals surface area contributed by atoms with E-state index in [1.165, 1.54) is 6.42 Å². The second-order valence-electron chi connectivity index (χ2n) is 7.89. The summed E-state index contributed by atoms with van der Waals surface area (Å²) in [5.74, 6) is 0.693. The maximum atomic E-state index is 12.9. The predicted molar refractivity (Wildman–Crippen MR) is 105 cm³/mol. The van der Waals surface area contributed by atoms with E-state index in [9.17, 15) is 14.7 Å². The molecule has 0 radical (unpaired) electrons. The number of likely N-dealkylation sites (tertiary alicyclic amines) is 2. The molecule has 0 saturated carbocycles. The van der Waals surface area contributed by atoms with Crippen molar-refractivity contribution in [1.82, 2.24) is 9.80 Å². The van der Waals surface area contributed by atoms with Crippen LogP contribution in [0.4, 0.5) is 0 Å². The minimum atomic E-state index is 0.188. The van der Waals surface area contributed by atoms with Gasteiger partial charge in [-0.1, -0.05) is 18.6 Å². The van der Waals surface area contributed by atoms with Crippen molar-refractivity contribution in [2.24, 2.45) is 0 Å². The van der Waals surface area contributed by atoms with Gasteiger partial charge in [0.2, 0.25) is 11.8 Å². The molecule has 2 saturated heterocycles. The van der Waals surface area contributed by atoms with Crippen LogP contribution in [-0.4, -0.2) is 52.4 Å². The molecule has 2 fully saturated rings. The van der Waals surface area contributed by atoms with E-state index in [0.717, 1.165) is 63.6 Å². The Balaban J connectivity index is 1.52. The molecule has 1 N–H and O–H groups in total. The summed E-state index contributed by atoms with van der Waals surface area (Å²) in [6, 6.07) is 7.66. The van der Waals surface area contributed by atoms with Gasteiger partial charge in [-0.25, -0.2) is 0 Å². The monoisotopic (exact) mass is 372 g/mol. The summed E-state index contributed by atoms with van der Waals surface area (Å²) in [5, 5.41) is 9.63. The number of aromatic hydroxyl groups is 1. The maximum Gasteiger partial charge on any atom is 0.224 e. The van der Waals surface area contributed by atoms with Crippen molar-refractivity contribution >= 4 is 11.8 Å². The lowest BCUT2D eigenvalue weighted by atomic mass is 9.95. The van der Waals surface area contributed by atoms with Gasteiger partial charge in [0, 0.05) is 38.5 Å². The molecule has 5 heteroatoms. The third kappa shape index (κ3) is 5.72. The second-order valence-corrected chi connectivity index (χ2v) is 7.89. The van der Waals surface area contributed by atoms with E-state index in [0.29, 0.717) is 25.1 Å². The van der Waals surface area contributed by atoms with Gasteiger partial charge < -0.3 is 14.9 Å². The van der Waals surface area contributed by atoms with E-state index in [2.05, 4.69) is 4.90 Å². The molecule has 148 valence electrons. The van der Waals surface area contributed by atoms with Crippen molar-refractivity contribution in [3.63, 3.8) is 0 Å². The maximum absolute atomic E-state index is 12.9. The molecule has 2 amide bonds. The van der Waals surface area contributed by atoms with Crippen molar-refractivity contribution in [2.75, 3.05) is 19.6 Å². The molecule has 0 aliphatic carbocycles. The standard InChI is InChI=1S/C22H32N2O3/c25-20-9-6-7-18(17-20)11-12-19-8-3-5-15-24(19)22(27)13-16-23-14-4-1-2-10-21(23)26/h6-7,9,17,19,25H,1-5,8,10-16H2. The van der Waals surface area contributed by atoms with E-state index in [1.807, 2.05) is 17.0 Å². The number of piperidine rings is 1. The van der Waals surface area contributed by atoms with Crippen LogP contribution < -0.4 is 0 Å². The number of benzene rings is 1. The molecule has 2 aliphatic rings. The number of amides is 2. The Morgan fingerprint density at radius 2 is 1.96 bits per heavy atom. The minimum absolute atomic E-state index is 0.188. The summed E-state index contributed by atoms with van der Waals surface area (Å²) < 4.78 is 0. The molecule has 1 unspecified atom stereocenters. The number of phenols is 1. The normalized spacial score (nSPS) is 21.2. The summed E-state index contributed by atoms with van der Waals surface area (Å²) in [5.41, 5.74) is 1.11. The molecule has 5 nitrogen and oxygen atoms in total. The lowest BCUT2D eigenvalue weighted by Gasteiger charge is -2.36. The molecule has 2 heterocycles. The van der Waals surface area contributed by atoms with E-state index in [4.69, 9.17) is 0 Å². The number of hydrogen-bond donors (Lipinski definition) is 1. The molecule has 3 rings (SSSR count). The molecule has 0 bridgehead atoms. The van der Waals surface area contributed by atoms with Crippen molar-refractivity contribution in [3.05, 3.63) is 29.8 Å². The van der Waals surface area contributed by atoms with Gasteiger partial charge in [0.25, 0.3) is 0 Å². The van der Waals surface area contributed by atoms with Crippen LogP contribution in [0.25, 0.3) is 0 Å². The van der Waals surface area contributed by atoms with Gasteiger partial charge in [0.1, 0.15) is 5.75 Å². The van der Waals surface area contributed by atoms with Crippen molar-refractivity contribution in [2.45, 2.75) is 70.3 Å². The molecular formula is C22H32N2O3. The summed E-state index contributed by atoms with van der Waals surface area (Å²) in [7, 11) is 0. The second kappa shape index (κ2) is 9.77. The largest absolute Gasteiger partial charge is 0.508 e. The van der Waals surface area contributed by atoms with Gasteiger partial charge in [-0.3, -0.25) is 9.59 Å². The zero-order valence-corrected chi connectivity index (χ0v) is 16.2. The highest BCUT2D eigenvalue weighted by atomic mass is 16.3. The Morgan fingerprint density at radius 1 is 1.11 bits per heavy atom. The van der Waals surface area contributed by atoms with Crippen LogP contribution in [0.5, 0.6) is 5.75 Å². The van der Waals surface area contributed by atoms with Crippen molar-refractivity contribution in [3.8, 4) is 5.75 Å². The smallest absolute Gasteiger partial charge is 0.224 e. The first-order valence-electron chi connectivity index (χ1n) is 10.5. The third-order valence-corrected chi connectivity index (χ3v) is 5.89. The number of rotatable bonds is 6. The lowest BCUT2D eigenvalue weighted by Crippen LogP contribution is -2.45. The zero-order valence-electron chi connectivity index (χ0n) is 16.2. The van der Waals surface area contributed by atoms with Gasteiger partial charge in [-0.15, -0.1) is 0 Å². The average molecular weight is 373 g/mol. The molecule has 27 heavy (non-hydrogen) atoms. The topological polar surface area (TPSA) is 60.9 Å². The number of aryl methyl sites for hydroxylation is 1. The zero-order chi connectivity index (χ0) is 19.1. The van der Waals surface area contributed by atoms with Crippen molar-refractivity contribution in [1.29, 1.82) is 0 Å². The summed E-state index contributed by atoms with van der Waals surface area (Å²) in [4.78, 5) is 28.9. The Bertz CT molecular complexity index is 646. The quantitative estimate of drug-likeness (QED) is 0.831. The molecule has 1 aromatic carbocycles. The Hall–Kier alpha value is -2.04. The van der Waals surface area contributed by atoms with Gasteiger partial charge in [0.05, 0.1) is 0 Å². The first-order valence-corrected chi connectivity index (χ1v) is 10.5. The number of carbonyl (C=O) groups is 2. The van der Waals surface area contributed by atoms with Crippen LogP contribution in [0.15, 0.2) is 24.3 Å². The molecule has 2 aliphatic heterocycles. The lowest BCUT2D eigenvalue weighted by molar-refractivity contribution is -0.136. The van der Waals surface area contributed by atoms with Crippen LogP contribution in [0.3, 0.4) is 0 Å². The van der Waals surface area contributed by atoms with Gasteiger partial charge in [-0.05, 0) is 62.6 Å². The average Bonchev–Trinajstić information content (AvgIpc) is 2.89. The molecule has 1 aromatic rings. The first-order chi connectivity index (χ1) is 13.1. The van der Waals surface area contributed by atoms with Crippen LogP contribution in [0.2, 0.25) is 0 Å². The third-order valence-electron chi connectivity index (χ3n) is 5.89. The van der Waals surface area contributed by atoms with Crippen LogP contribution >= 0.6 is 0 Å². The van der Waals surface area contributed by atoms with Crippen LogP contribution in [-0.2, 0) is 16.0 Å². The summed E-state index contributed by atoms with van der Waals surface area (Å²) in [6.07, 6.45) is 9.29. The van der Waals surface area contributed by atoms with Crippen LogP contribution in [0.1, 0.15) is 63.4 Å². The van der Waals surface area contributed by atoms with E-state index >= 15 is 0 Å². The Labute approximate surface area is 162 Å².